The van der Waals surface area contributed by atoms with E-state index in [9.17, 15) is 4.79 Å². The highest BCUT2D eigenvalue weighted by molar-refractivity contribution is 5.95. The van der Waals surface area contributed by atoms with Crippen LogP contribution >= 0.6 is 0 Å². The number of guanidine groups is 1. The molecule has 1 amide bonds. The quantitative estimate of drug-likeness (QED) is 0.219. The molecule has 0 atom stereocenters. The zero-order chi connectivity index (χ0) is 23.5. The lowest BCUT2D eigenvalue weighted by Gasteiger charge is -2.12. The van der Waals surface area contributed by atoms with Crippen molar-refractivity contribution in [2.45, 2.75) is 6.92 Å². The van der Waals surface area contributed by atoms with Crippen LogP contribution in [0.2, 0.25) is 0 Å². The van der Waals surface area contributed by atoms with E-state index in [0.717, 1.165) is 0 Å². The number of aromatic amines is 1. The summed E-state index contributed by atoms with van der Waals surface area (Å²) in [7, 11) is 0. The molecule has 0 aliphatic rings. The van der Waals surface area contributed by atoms with Gasteiger partial charge in [0.2, 0.25) is 5.91 Å². The SMILES string of the molecule is Cc1nc2c(Oc3ccc(C#N)c(C(N)=O)c3)nc(Oc3ccccc3NC(=N)N)nc2[nH]1. The number of anilines is 1. The number of hydrogen-bond acceptors (Lipinski definition) is 8. The third-order valence-electron chi connectivity index (χ3n) is 4.36. The summed E-state index contributed by atoms with van der Waals surface area (Å²) in [6.45, 7) is 1.74. The minimum atomic E-state index is -0.765. The molecule has 0 aliphatic heterocycles. The number of nitriles is 1. The monoisotopic (exact) mass is 443 g/mol. The van der Waals surface area contributed by atoms with Crippen LogP contribution in [0.15, 0.2) is 42.5 Å². The number of H-pyrrole nitrogens is 1. The maximum absolute atomic E-state index is 11.7. The van der Waals surface area contributed by atoms with Crippen LogP contribution in [0, 0.1) is 23.7 Å². The van der Waals surface area contributed by atoms with Crippen LogP contribution in [0.4, 0.5) is 5.69 Å². The van der Waals surface area contributed by atoms with Gasteiger partial charge in [0.25, 0.3) is 5.88 Å². The third kappa shape index (κ3) is 4.47. The Hall–Kier alpha value is -5.18. The lowest BCUT2D eigenvalue weighted by molar-refractivity contribution is 0.0999. The molecule has 0 radical (unpaired) electrons. The summed E-state index contributed by atoms with van der Waals surface area (Å²) in [5.74, 6) is 0.131. The van der Waals surface area contributed by atoms with Gasteiger partial charge in [-0.1, -0.05) is 12.1 Å². The first kappa shape index (κ1) is 21.1. The van der Waals surface area contributed by atoms with E-state index in [1.165, 1.54) is 18.2 Å². The number of primary amides is 1. The lowest BCUT2D eigenvalue weighted by atomic mass is 10.1. The van der Waals surface area contributed by atoms with Gasteiger partial charge in [-0.3, -0.25) is 10.2 Å². The van der Waals surface area contributed by atoms with E-state index in [4.69, 9.17) is 31.6 Å². The predicted octanol–water partition coefficient (Wildman–Crippen LogP) is 2.52. The number of nitrogens with zero attached hydrogens (tertiary/aromatic N) is 4. The van der Waals surface area contributed by atoms with Gasteiger partial charge in [0, 0.05) is 0 Å². The molecule has 164 valence electrons. The van der Waals surface area contributed by atoms with E-state index in [0.29, 0.717) is 28.4 Å². The Kier molecular flexibility index (Phi) is 5.44. The highest BCUT2D eigenvalue weighted by Crippen LogP contribution is 2.32. The van der Waals surface area contributed by atoms with E-state index in [2.05, 4.69) is 25.3 Å². The van der Waals surface area contributed by atoms with E-state index in [1.807, 2.05) is 6.07 Å². The Morgan fingerprint density at radius 1 is 1.15 bits per heavy atom. The number of nitrogens with one attached hydrogen (secondary N) is 3. The number of rotatable bonds is 6. The van der Waals surface area contributed by atoms with Crippen molar-refractivity contribution in [2.75, 3.05) is 5.32 Å². The number of imidazole rings is 1. The molecule has 12 nitrogen and oxygen atoms in total. The molecule has 0 saturated carbocycles. The van der Waals surface area contributed by atoms with Gasteiger partial charge < -0.3 is 31.2 Å². The average Bonchev–Trinajstić information content (AvgIpc) is 3.15. The maximum atomic E-state index is 11.7. The highest BCUT2D eigenvalue weighted by atomic mass is 16.5. The normalized spacial score (nSPS) is 10.4. The minimum Gasteiger partial charge on any atom is -0.437 e. The number of fused-ring (bicyclic) bond motifs is 1. The molecule has 4 aromatic rings. The van der Waals surface area contributed by atoms with Crippen molar-refractivity contribution >= 4 is 28.7 Å². The van der Waals surface area contributed by atoms with Crippen molar-refractivity contribution in [3.63, 3.8) is 0 Å². The number of aryl methyl sites for hydroxylation is 1. The van der Waals surface area contributed by atoms with Gasteiger partial charge in [-0.05, 0) is 37.3 Å². The third-order valence-corrected chi connectivity index (χ3v) is 4.36. The van der Waals surface area contributed by atoms with Crippen molar-refractivity contribution in [3.8, 4) is 29.5 Å². The highest BCUT2D eigenvalue weighted by Gasteiger charge is 2.18. The Labute approximate surface area is 186 Å². The van der Waals surface area contributed by atoms with E-state index in [-0.39, 0.29) is 34.7 Å². The summed E-state index contributed by atoms with van der Waals surface area (Å²) < 4.78 is 11.7. The van der Waals surface area contributed by atoms with Crippen molar-refractivity contribution < 1.29 is 14.3 Å². The average molecular weight is 443 g/mol. The molecule has 2 aromatic carbocycles. The number of aromatic nitrogens is 4. The van der Waals surface area contributed by atoms with Crippen molar-refractivity contribution in [2.24, 2.45) is 11.5 Å². The number of para-hydroxylation sites is 2. The molecule has 0 aliphatic carbocycles. The van der Waals surface area contributed by atoms with Crippen LogP contribution in [-0.2, 0) is 0 Å². The number of ether oxygens (including phenoxy) is 2. The fourth-order valence-corrected chi connectivity index (χ4v) is 2.99. The van der Waals surface area contributed by atoms with E-state index >= 15 is 0 Å². The summed E-state index contributed by atoms with van der Waals surface area (Å²) in [5.41, 5.74) is 12.1. The number of nitrogens with two attached hydrogens (primary N) is 2. The van der Waals surface area contributed by atoms with E-state index < -0.39 is 5.91 Å². The van der Waals surface area contributed by atoms with Crippen molar-refractivity contribution in [3.05, 3.63) is 59.4 Å². The summed E-state index contributed by atoms with van der Waals surface area (Å²) >= 11 is 0. The minimum absolute atomic E-state index is 0.0132. The van der Waals surface area contributed by atoms with Crippen molar-refractivity contribution in [1.82, 2.24) is 19.9 Å². The number of carbonyl (C=O) groups is 1. The number of hydrogen-bond donors (Lipinski definition) is 5. The molecule has 0 fully saturated rings. The Balaban J connectivity index is 1.75. The second kappa shape index (κ2) is 8.52. The standard InChI is InChI=1S/C21H17N9O3/c1-10-26-16-18(27-10)29-21(33-15-5-3-2-4-14(15)28-20(24)25)30-19(16)32-12-7-6-11(9-22)13(8-12)17(23)31/h2-8H,1H3,(H2,23,31)(H4,24,25,28)(H,26,27,29,30). The molecule has 33 heavy (non-hydrogen) atoms. The van der Waals surface area contributed by atoms with Gasteiger partial charge in [-0.15, -0.1) is 0 Å². The van der Waals surface area contributed by atoms with Gasteiger partial charge in [-0.25, -0.2) is 4.98 Å². The molecular formula is C21H17N9O3. The molecule has 0 unspecified atom stereocenters. The van der Waals surface area contributed by atoms with Crippen LogP contribution in [0.1, 0.15) is 21.7 Å². The second-order valence-electron chi connectivity index (χ2n) is 6.75. The molecule has 2 aromatic heterocycles. The zero-order valence-electron chi connectivity index (χ0n) is 17.2. The number of carbonyl (C=O) groups excluding carboxylic acids is 1. The molecular weight excluding hydrogens is 426 g/mol. The molecule has 0 bridgehead atoms. The maximum Gasteiger partial charge on any atom is 0.327 e. The van der Waals surface area contributed by atoms with Gasteiger partial charge in [0.05, 0.1) is 22.9 Å². The van der Waals surface area contributed by atoms with E-state index in [1.54, 1.807) is 31.2 Å². The summed E-state index contributed by atoms with van der Waals surface area (Å²) in [5, 5.41) is 19.3. The molecule has 4 rings (SSSR count). The molecule has 0 spiro atoms. The second-order valence-corrected chi connectivity index (χ2v) is 6.75. The van der Waals surface area contributed by atoms with Crippen LogP contribution in [0.25, 0.3) is 11.2 Å². The Morgan fingerprint density at radius 3 is 2.67 bits per heavy atom. The largest absolute Gasteiger partial charge is 0.437 e. The Bertz CT molecular complexity index is 1440. The van der Waals surface area contributed by atoms with Crippen LogP contribution in [-0.4, -0.2) is 31.8 Å². The fraction of sp³-hybridized carbons (Fsp3) is 0.0476. The molecule has 7 N–H and O–H groups in total. The molecule has 0 saturated heterocycles. The van der Waals surface area contributed by atoms with Gasteiger partial charge in [0.15, 0.2) is 22.9 Å². The Morgan fingerprint density at radius 2 is 1.94 bits per heavy atom. The topological polar surface area (TPSA) is 202 Å². The fourth-order valence-electron chi connectivity index (χ4n) is 2.99. The van der Waals surface area contributed by atoms with Gasteiger partial charge >= 0.3 is 6.01 Å². The first-order valence-corrected chi connectivity index (χ1v) is 9.48. The first-order chi connectivity index (χ1) is 15.8. The van der Waals surface area contributed by atoms with Gasteiger partial charge in [-0.2, -0.15) is 15.2 Å². The van der Waals surface area contributed by atoms with Gasteiger partial charge in [0.1, 0.15) is 11.6 Å². The first-order valence-electron chi connectivity index (χ1n) is 9.48. The summed E-state index contributed by atoms with van der Waals surface area (Å²) in [6, 6.07) is 12.9. The van der Waals surface area contributed by atoms with Crippen LogP contribution < -0.4 is 26.3 Å². The van der Waals surface area contributed by atoms with Crippen LogP contribution in [0.3, 0.4) is 0 Å². The van der Waals surface area contributed by atoms with Crippen LogP contribution in [0.5, 0.6) is 23.4 Å². The lowest BCUT2D eigenvalue weighted by Crippen LogP contribution is -2.20. The summed E-state index contributed by atoms with van der Waals surface area (Å²) in [6.07, 6.45) is 0. The number of benzene rings is 2. The number of amides is 1. The predicted molar refractivity (Wildman–Crippen MR) is 118 cm³/mol. The zero-order valence-corrected chi connectivity index (χ0v) is 17.2. The molecule has 2 heterocycles. The molecule has 12 heteroatoms. The van der Waals surface area contributed by atoms with Crippen molar-refractivity contribution in [1.29, 1.82) is 10.7 Å². The summed E-state index contributed by atoms with van der Waals surface area (Å²) in [4.78, 5) is 27.7. The smallest absolute Gasteiger partial charge is 0.327 e.